The lowest BCUT2D eigenvalue weighted by atomic mass is 10.1. The van der Waals surface area contributed by atoms with Crippen LogP contribution in [0.3, 0.4) is 0 Å². The van der Waals surface area contributed by atoms with Crippen LogP contribution in [0.5, 0.6) is 0 Å². The first kappa shape index (κ1) is 33.2. The van der Waals surface area contributed by atoms with Crippen LogP contribution in [0.1, 0.15) is 20.7 Å². The molecule has 0 spiro atoms. The van der Waals surface area contributed by atoms with E-state index in [1.165, 1.54) is 4.90 Å². The molecule has 1 aromatic carbocycles. The van der Waals surface area contributed by atoms with E-state index in [0.717, 1.165) is 0 Å². The number of ether oxygens (including phenoxy) is 7. The third-order valence-electron chi connectivity index (χ3n) is 5.22. The molecule has 0 saturated heterocycles. The number of carboxylic acid groups (broad SMARTS) is 1. The van der Waals surface area contributed by atoms with E-state index >= 15 is 0 Å². The van der Waals surface area contributed by atoms with E-state index in [0.29, 0.717) is 90.3 Å². The van der Waals surface area contributed by atoms with Gasteiger partial charge in [-0.3, -0.25) is 19.3 Å². The molecular formula is C26H38N2O12. The van der Waals surface area contributed by atoms with Crippen molar-refractivity contribution in [2.75, 3.05) is 106 Å². The van der Waals surface area contributed by atoms with Crippen molar-refractivity contribution in [2.45, 2.75) is 0 Å². The van der Waals surface area contributed by atoms with Gasteiger partial charge in [0, 0.05) is 6.54 Å². The lowest BCUT2D eigenvalue weighted by Gasteiger charge is -2.13. The van der Waals surface area contributed by atoms with Gasteiger partial charge >= 0.3 is 5.97 Å². The summed E-state index contributed by atoms with van der Waals surface area (Å²) in [7, 11) is 0. The maximum absolute atomic E-state index is 12.3. The van der Waals surface area contributed by atoms with Gasteiger partial charge in [0.05, 0.1) is 97.0 Å². The summed E-state index contributed by atoms with van der Waals surface area (Å²) >= 11 is 0. The zero-order valence-corrected chi connectivity index (χ0v) is 22.5. The molecule has 14 nitrogen and oxygen atoms in total. The van der Waals surface area contributed by atoms with E-state index in [4.69, 9.17) is 33.5 Å². The minimum Gasteiger partial charge on any atom is -0.480 e. The number of benzene rings is 1. The number of rotatable bonds is 25. The Hall–Kier alpha value is -2.98. The largest absolute Gasteiger partial charge is 0.480 e. The first-order valence-corrected chi connectivity index (χ1v) is 13.0. The van der Waals surface area contributed by atoms with Gasteiger partial charge in [0.2, 0.25) is 5.91 Å². The van der Waals surface area contributed by atoms with Crippen LogP contribution in [-0.2, 0) is 42.7 Å². The summed E-state index contributed by atoms with van der Waals surface area (Å²) < 4.78 is 37.0. The second-order valence-electron chi connectivity index (χ2n) is 8.22. The van der Waals surface area contributed by atoms with E-state index in [-0.39, 0.29) is 31.6 Å². The van der Waals surface area contributed by atoms with Gasteiger partial charge < -0.3 is 43.6 Å². The first-order chi connectivity index (χ1) is 19.5. The normalized spacial score (nSPS) is 12.7. The van der Waals surface area contributed by atoms with E-state index in [1.807, 2.05) is 0 Å². The summed E-state index contributed by atoms with van der Waals surface area (Å²) in [6.45, 7) is 4.21. The van der Waals surface area contributed by atoms with Crippen LogP contribution < -0.4 is 5.32 Å². The summed E-state index contributed by atoms with van der Waals surface area (Å²) in [5.74, 6) is -2.12. The fraction of sp³-hybridized carbons (Fsp3) is 0.615. The van der Waals surface area contributed by atoms with E-state index in [9.17, 15) is 19.2 Å². The second-order valence-corrected chi connectivity index (χ2v) is 8.22. The lowest BCUT2D eigenvalue weighted by molar-refractivity contribution is -0.143. The average Bonchev–Trinajstić information content (AvgIpc) is 3.18. The number of aliphatic carboxylic acids is 1. The van der Waals surface area contributed by atoms with E-state index in [1.54, 1.807) is 24.3 Å². The number of nitrogens with one attached hydrogen (secondary N) is 1. The Labute approximate surface area is 232 Å². The molecule has 2 rings (SSSR count). The summed E-state index contributed by atoms with van der Waals surface area (Å²) in [5, 5.41) is 10.9. The van der Waals surface area contributed by atoms with Gasteiger partial charge in [0.25, 0.3) is 11.8 Å². The molecule has 0 unspecified atom stereocenters. The van der Waals surface area contributed by atoms with Gasteiger partial charge in [-0.15, -0.1) is 0 Å². The molecule has 1 heterocycles. The molecule has 2 N–H and O–H groups in total. The van der Waals surface area contributed by atoms with Crippen LogP contribution in [0.4, 0.5) is 0 Å². The Morgan fingerprint density at radius 1 is 0.625 bits per heavy atom. The number of carbonyl (C=O) groups excluding carboxylic acids is 3. The van der Waals surface area contributed by atoms with Crippen molar-refractivity contribution in [3.63, 3.8) is 0 Å². The van der Waals surface area contributed by atoms with E-state index in [2.05, 4.69) is 10.1 Å². The van der Waals surface area contributed by atoms with Crippen molar-refractivity contribution < 1.29 is 57.4 Å². The smallest absolute Gasteiger partial charge is 0.329 e. The highest BCUT2D eigenvalue weighted by Crippen LogP contribution is 2.21. The van der Waals surface area contributed by atoms with Crippen molar-refractivity contribution in [3.05, 3.63) is 35.4 Å². The zero-order chi connectivity index (χ0) is 28.8. The molecule has 1 aliphatic rings. The molecule has 1 aliphatic heterocycles. The topological polar surface area (TPSA) is 168 Å². The molecule has 1 aromatic rings. The Morgan fingerprint density at radius 3 is 1.50 bits per heavy atom. The summed E-state index contributed by atoms with van der Waals surface area (Å²) in [6, 6.07) is 6.77. The maximum atomic E-state index is 12.3. The van der Waals surface area contributed by atoms with Gasteiger partial charge in [0.15, 0.2) is 0 Å². The van der Waals surface area contributed by atoms with Crippen LogP contribution in [0.25, 0.3) is 0 Å². The van der Waals surface area contributed by atoms with Crippen molar-refractivity contribution in [1.82, 2.24) is 10.2 Å². The standard InChI is InChI=1S/C26H38N2O12/c29-23(19-40-20-24(30)31)27-5-7-34-9-11-36-13-15-38-17-18-39-16-14-37-12-10-35-8-6-28-25(32)21-3-1-2-4-22(21)26(28)33/h1-4H,5-20H2,(H,27,29)(H,30,31). The molecule has 0 aliphatic carbocycles. The van der Waals surface area contributed by atoms with Crippen LogP contribution in [0, 0.1) is 0 Å². The Balaban J connectivity index is 1.25. The number of fused-ring (bicyclic) bond motifs is 1. The molecule has 0 saturated carbocycles. The second kappa shape index (κ2) is 20.9. The highest BCUT2D eigenvalue weighted by Gasteiger charge is 2.34. The van der Waals surface area contributed by atoms with Crippen LogP contribution in [0.15, 0.2) is 24.3 Å². The molecular weight excluding hydrogens is 532 g/mol. The van der Waals surface area contributed by atoms with Gasteiger partial charge in [-0.1, -0.05) is 12.1 Å². The maximum Gasteiger partial charge on any atom is 0.329 e. The van der Waals surface area contributed by atoms with Gasteiger partial charge in [0.1, 0.15) is 13.2 Å². The molecule has 0 aromatic heterocycles. The van der Waals surface area contributed by atoms with Gasteiger partial charge in [-0.2, -0.15) is 0 Å². The summed E-state index contributed by atoms with van der Waals surface area (Å²) in [5.41, 5.74) is 0.860. The molecule has 40 heavy (non-hydrogen) atoms. The number of hydrogen-bond acceptors (Lipinski definition) is 11. The Morgan fingerprint density at radius 2 is 1.05 bits per heavy atom. The predicted molar refractivity (Wildman–Crippen MR) is 138 cm³/mol. The molecule has 224 valence electrons. The highest BCUT2D eigenvalue weighted by molar-refractivity contribution is 6.21. The molecule has 0 radical (unpaired) electrons. The van der Waals surface area contributed by atoms with Crippen molar-refractivity contribution in [2.24, 2.45) is 0 Å². The molecule has 0 atom stereocenters. The number of imide groups is 1. The number of amides is 3. The van der Waals surface area contributed by atoms with Gasteiger partial charge in [-0.05, 0) is 12.1 Å². The number of hydrogen-bond donors (Lipinski definition) is 2. The molecule has 0 fully saturated rings. The van der Waals surface area contributed by atoms with Crippen molar-refractivity contribution in [3.8, 4) is 0 Å². The van der Waals surface area contributed by atoms with Crippen LogP contribution in [-0.4, -0.2) is 139 Å². The molecule has 0 bridgehead atoms. The summed E-state index contributed by atoms with van der Waals surface area (Å²) in [4.78, 5) is 47.3. The van der Waals surface area contributed by atoms with E-state index < -0.39 is 18.5 Å². The third-order valence-corrected chi connectivity index (χ3v) is 5.22. The molecule has 3 amide bonds. The quantitative estimate of drug-likeness (QED) is 0.115. The van der Waals surface area contributed by atoms with Gasteiger partial charge in [-0.25, -0.2) is 4.79 Å². The fourth-order valence-electron chi connectivity index (χ4n) is 3.34. The summed E-state index contributed by atoms with van der Waals surface area (Å²) in [6.07, 6.45) is 0. The average molecular weight is 571 g/mol. The first-order valence-electron chi connectivity index (χ1n) is 13.0. The Kier molecular flexibility index (Phi) is 17.3. The lowest BCUT2D eigenvalue weighted by Crippen LogP contribution is -2.33. The Bertz CT molecular complexity index is 878. The fourth-order valence-corrected chi connectivity index (χ4v) is 3.34. The monoisotopic (exact) mass is 570 g/mol. The van der Waals surface area contributed by atoms with Crippen molar-refractivity contribution >= 4 is 23.7 Å². The van der Waals surface area contributed by atoms with Crippen LogP contribution in [0.2, 0.25) is 0 Å². The SMILES string of the molecule is O=C(O)COCC(=O)NCCOCCOCCOCCOCCOCCOCCN1C(=O)c2ccccc2C1=O. The number of carboxylic acids is 1. The number of nitrogens with zero attached hydrogens (tertiary/aromatic N) is 1. The highest BCUT2D eigenvalue weighted by atomic mass is 16.6. The van der Waals surface area contributed by atoms with Crippen molar-refractivity contribution in [1.29, 1.82) is 0 Å². The molecule has 14 heteroatoms. The third kappa shape index (κ3) is 13.9. The minimum atomic E-state index is -1.13. The van der Waals surface area contributed by atoms with Crippen LogP contribution >= 0.6 is 0 Å². The zero-order valence-electron chi connectivity index (χ0n) is 22.5. The minimum absolute atomic E-state index is 0.200. The predicted octanol–water partition coefficient (Wildman–Crippen LogP) is -0.400. The number of carbonyl (C=O) groups is 4.